The van der Waals surface area contributed by atoms with Gasteiger partial charge >= 0.3 is 0 Å². The molecule has 2 aliphatic heterocycles. The van der Waals surface area contributed by atoms with E-state index < -0.39 is 16.1 Å². The molecular weight excluding hydrogens is 498 g/mol. The summed E-state index contributed by atoms with van der Waals surface area (Å²) in [6, 6.07) is 8.86. The number of amides is 1. The Labute approximate surface area is 219 Å². The van der Waals surface area contributed by atoms with Gasteiger partial charge in [0.1, 0.15) is 11.8 Å². The highest BCUT2D eigenvalue weighted by atomic mass is 35.5. The third kappa shape index (κ3) is 5.57. The van der Waals surface area contributed by atoms with Crippen LogP contribution in [0.3, 0.4) is 0 Å². The Hall–Kier alpha value is -2.13. The molecule has 2 heterocycles. The number of fused-ring (bicyclic) bond motifs is 2. The van der Waals surface area contributed by atoms with E-state index in [-0.39, 0.29) is 23.3 Å². The summed E-state index contributed by atoms with van der Waals surface area (Å²) >= 11 is 6.04. The second kappa shape index (κ2) is 10.7. The van der Waals surface area contributed by atoms with E-state index in [0.717, 1.165) is 36.8 Å². The second-order valence-electron chi connectivity index (χ2n) is 10.2. The number of sulfonamides is 1. The van der Waals surface area contributed by atoms with Crippen molar-refractivity contribution in [3.63, 3.8) is 0 Å². The SMILES string of the molecule is COc1cc(C)c(S(=O)(=O)N[C@@H](Cc2ccc(Cl)cc2)C(=O)NC2C[C@H]3CC[C@@H](C2)N3C)c(C)c1C. The lowest BCUT2D eigenvalue weighted by Gasteiger charge is -2.37. The fourth-order valence-electron chi connectivity index (χ4n) is 5.77. The maximum Gasteiger partial charge on any atom is 0.241 e. The van der Waals surface area contributed by atoms with E-state index in [1.165, 1.54) is 0 Å². The number of aryl methyl sites for hydroxylation is 1. The summed E-state index contributed by atoms with van der Waals surface area (Å²) in [5.41, 5.74) is 2.76. The van der Waals surface area contributed by atoms with Gasteiger partial charge in [0.05, 0.1) is 12.0 Å². The Kier molecular flexibility index (Phi) is 8.00. The Bertz CT molecular complexity index is 1220. The van der Waals surface area contributed by atoms with Crippen molar-refractivity contribution in [1.29, 1.82) is 0 Å². The first-order valence-electron chi connectivity index (χ1n) is 12.4. The number of ether oxygens (including phenoxy) is 1. The molecule has 2 fully saturated rings. The number of carbonyl (C=O) groups is 1. The van der Waals surface area contributed by atoms with Crippen LogP contribution in [0.15, 0.2) is 35.2 Å². The predicted octanol–water partition coefficient (Wildman–Crippen LogP) is 3.90. The van der Waals surface area contributed by atoms with Crippen LogP contribution in [0.25, 0.3) is 0 Å². The highest BCUT2D eigenvalue weighted by molar-refractivity contribution is 7.89. The van der Waals surface area contributed by atoms with Crippen LogP contribution in [0.5, 0.6) is 5.75 Å². The lowest BCUT2D eigenvalue weighted by Crippen LogP contribution is -2.54. The van der Waals surface area contributed by atoms with Crippen LogP contribution >= 0.6 is 11.6 Å². The average molecular weight is 534 g/mol. The first kappa shape index (κ1) is 26.9. The summed E-state index contributed by atoms with van der Waals surface area (Å²) < 4.78 is 35.5. The molecule has 2 aromatic rings. The maximum atomic E-state index is 13.7. The predicted molar refractivity (Wildman–Crippen MR) is 142 cm³/mol. The van der Waals surface area contributed by atoms with Crippen molar-refractivity contribution in [2.45, 2.75) is 81.9 Å². The molecule has 0 saturated carbocycles. The molecule has 2 saturated heterocycles. The molecule has 7 nitrogen and oxygen atoms in total. The molecule has 0 radical (unpaired) electrons. The topological polar surface area (TPSA) is 87.7 Å². The van der Waals surface area contributed by atoms with Crippen LogP contribution in [0.1, 0.15) is 47.9 Å². The molecule has 0 aliphatic carbocycles. The number of halogens is 1. The third-order valence-corrected chi connectivity index (χ3v) is 9.89. The number of nitrogens with one attached hydrogen (secondary N) is 2. The van der Waals surface area contributed by atoms with E-state index >= 15 is 0 Å². The van der Waals surface area contributed by atoms with E-state index in [1.54, 1.807) is 39.2 Å². The van der Waals surface area contributed by atoms with E-state index in [9.17, 15) is 13.2 Å². The van der Waals surface area contributed by atoms with Gasteiger partial charge in [-0.2, -0.15) is 4.72 Å². The fraction of sp³-hybridized carbons (Fsp3) is 0.519. The average Bonchev–Trinajstić information content (AvgIpc) is 3.02. The van der Waals surface area contributed by atoms with Gasteiger partial charge in [-0.15, -0.1) is 0 Å². The first-order chi connectivity index (χ1) is 17.0. The lowest BCUT2D eigenvalue weighted by atomic mass is 9.97. The standard InChI is InChI=1S/C27H36ClN3O4S/c1-16-12-25(35-5)17(2)18(3)26(16)36(33,34)30-24(13-19-6-8-20(28)9-7-19)27(32)29-21-14-22-10-11-23(15-21)31(22)4/h6-9,12,21-24,30H,10-11,13-15H2,1-5H3,(H,29,32)/t21?,22-,23+,24-/m0/s1. The monoisotopic (exact) mass is 533 g/mol. The molecule has 4 atom stereocenters. The molecule has 2 N–H and O–H groups in total. The van der Waals surface area contributed by atoms with E-state index in [2.05, 4.69) is 22.0 Å². The Morgan fingerprint density at radius 2 is 1.72 bits per heavy atom. The van der Waals surface area contributed by atoms with Crippen LogP contribution in [-0.2, 0) is 21.2 Å². The number of carbonyl (C=O) groups excluding carboxylic acids is 1. The lowest BCUT2D eigenvalue weighted by molar-refractivity contribution is -0.123. The smallest absolute Gasteiger partial charge is 0.241 e. The minimum atomic E-state index is -4.00. The Morgan fingerprint density at radius 3 is 2.31 bits per heavy atom. The van der Waals surface area contributed by atoms with Gasteiger partial charge in [-0.1, -0.05) is 23.7 Å². The van der Waals surface area contributed by atoms with Crippen LogP contribution in [0.4, 0.5) is 0 Å². The number of rotatable bonds is 8. The Morgan fingerprint density at radius 1 is 1.11 bits per heavy atom. The molecule has 2 aromatic carbocycles. The van der Waals surface area contributed by atoms with Crippen LogP contribution in [0.2, 0.25) is 5.02 Å². The summed E-state index contributed by atoms with van der Waals surface area (Å²) in [6.45, 7) is 5.34. The summed E-state index contributed by atoms with van der Waals surface area (Å²) in [5, 5.41) is 3.75. The molecule has 0 spiro atoms. The van der Waals surface area contributed by atoms with Gasteiger partial charge in [0.2, 0.25) is 15.9 Å². The quantitative estimate of drug-likeness (QED) is 0.537. The highest BCUT2D eigenvalue weighted by Crippen LogP contribution is 2.34. The molecule has 196 valence electrons. The van der Waals surface area contributed by atoms with E-state index in [4.69, 9.17) is 16.3 Å². The minimum absolute atomic E-state index is 0.0372. The fourth-order valence-corrected chi connectivity index (χ4v) is 7.62. The molecule has 1 unspecified atom stereocenters. The van der Waals surface area contributed by atoms with E-state index in [1.807, 2.05) is 19.1 Å². The zero-order valence-corrected chi connectivity index (χ0v) is 23.2. The van der Waals surface area contributed by atoms with Crippen molar-refractivity contribution < 1.29 is 17.9 Å². The summed E-state index contributed by atoms with van der Waals surface area (Å²) in [6.07, 6.45) is 4.27. The van der Waals surface area contributed by atoms with Crippen molar-refractivity contribution in [2.75, 3.05) is 14.2 Å². The number of benzene rings is 2. The molecule has 36 heavy (non-hydrogen) atoms. The summed E-state index contributed by atoms with van der Waals surface area (Å²) in [7, 11) is -0.284. The normalized spacial score (nSPS) is 22.9. The number of hydrogen-bond donors (Lipinski definition) is 2. The molecule has 2 bridgehead atoms. The van der Waals surface area contributed by atoms with Gasteiger partial charge in [0.25, 0.3) is 0 Å². The largest absolute Gasteiger partial charge is 0.496 e. The van der Waals surface area contributed by atoms with Gasteiger partial charge in [0.15, 0.2) is 0 Å². The van der Waals surface area contributed by atoms with Crippen molar-refractivity contribution in [3.8, 4) is 5.75 Å². The summed E-state index contributed by atoms with van der Waals surface area (Å²) in [4.78, 5) is 16.1. The molecule has 2 aliphatic rings. The van der Waals surface area contributed by atoms with Crippen LogP contribution < -0.4 is 14.8 Å². The van der Waals surface area contributed by atoms with Crippen LogP contribution in [-0.4, -0.2) is 57.5 Å². The van der Waals surface area contributed by atoms with Gasteiger partial charge in [0, 0.05) is 23.1 Å². The molecule has 1 amide bonds. The second-order valence-corrected chi connectivity index (χ2v) is 12.3. The zero-order valence-electron chi connectivity index (χ0n) is 21.6. The van der Waals surface area contributed by atoms with Gasteiger partial charge in [-0.3, -0.25) is 4.79 Å². The zero-order chi connectivity index (χ0) is 26.2. The number of nitrogens with zero attached hydrogens (tertiary/aromatic N) is 1. The van der Waals surface area contributed by atoms with Crippen molar-refractivity contribution in [2.24, 2.45) is 0 Å². The number of methoxy groups -OCH3 is 1. The molecule has 9 heteroatoms. The Balaban J connectivity index is 1.60. The van der Waals surface area contributed by atoms with Crippen molar-refractivity contribution in [3.05, 3.63) is 57.6 Å². The highest BCUT2D eigenvalue weighted by Gasteiger charge is 2.40. The van der Waals surface area contributed by atoms with Gasteiger partial charge < -0.3 is 15.0 Å². The molecule has 0 aromatic heterocycles. The van der Waals surface area contributed by atoms with Gasteiger partial charge in [-0.05, 0) is 100 Å². The van der Waals surface area contributed by atoms with Gasteiger partial charge in [-0.25, -0.2) is 8.42 Å². The number of hydrogen-bond acceptors (Lipinski definition) is 5. The minimum Gasteiger partial charge on any atom is -0.496 e. The summed E-state index contributed by atoms with van der Waals surface area (Å²) in [5.74, 6) is 0.333. The molecule has 4 rings (SSSR count). The number of piperidine rings is 1. The van der Waals surface area contributed by atoms with Crippen LogP contribution in [0, 0.1) is 20.8 Å². The van der Waals surface area contributed by atoms with E-state index in [0.29, 0.717) is 34.0 Å². The van der Waals surface area contributed by atoms with Crippen molar-refractivity contribution in [1.82, 2.24) is 14.9 Å². The molecular formula is C27H36ClN3O4S. The first-order valence-corrected chi connectivity index (χ1v) is 14.3. The van der Waals surface area contributed by atoms with Crippen molar-refractivity contribution >= 4 is 27.5 Å². The third-order valence-electron chi connectivity index (χ3n) is 7.88. The maximum absolute atomic E-state index is 13.7.